The molecule has 0 amide bonds. The lowest BCUT2D eigenvalue weighted by Gasteiger charge is -2.37. The van der Waals surface area contributed by atoms with E-state index >= 15 is 0 Å². The van der Waals surface area contributed by atoms with Gasteiger partial charge in [0.15, 0.2) is 11.6 Å². The Kier molecular flexibility index (Phi) is 7.56. The van der Waals surface area contributed by atoms with E-state index in [1.807, 2.05) is 20.8 Å². The van der Waals surface area contributed by atoms with Crippen molar-refractivity contribution in [1.29, 1.82) is 0 Å². The van der Waals surface area contributed by atoms with E-state index in [0.717, 1.165) is 6.07 Å². The van der Waals surface area contributed by atoms with Crippen LogP contribution in [0.1, 0.15) is 82.8 Å². The molecule has 8 heteroatoms. The second-order valence-corrected chi connectivity index (χ2v) is 9.69. The molecular formula is C26H30ClF3O4. The molecule has 1 saturated carbocycles. The van der Waals surface area contributed by atoms with E-state index in [9.17, 15) is 33.0 Å². The third kappa shape index (κ3) is 4.51. The van der Waals surface area contributed by atoms with E-state index in [0.29, 0.717) is 32.1 Å². The summed E-state index contributed by atoms with van der Waals surface area (Å²) in [6.07, 6.45) is -1.88. The number of Topliss-reactive ketones (excluding diaryl/α,β-unsaturated/α-hetero) is 2. The summed E-state index contributed by atoms with van der Waals surface area (Å²) < 4.78 is 40.8. The first kappa shape index (κ1) is 26.3. The number of halogens is 4. The van der Waals surface area contributed by atoms with Crippen molar-refractivity contribution in [2.24, 2.45) is 11.3 Å². The molecule has 1 aromatic carbocycles. The van der Waals surface area contributed by atoms with E-state index in [-0.39, 0.29) is 40.3 Å². The molecule has 0 spiro atoms. The van der Waals surface area contributed by atoms with E-state index in [1.54, 1.807) is 0 Å². The average molecular weight is 499 g/mol. The molecule has 2 atom stereocenters. The van der Waals surface area contributed by atoms with Crippen molar-refractivity contribution >= 4 is 23.2 Å². The smallest absolute Gasteiger partial charge is 0.416 e. The molecule has 34 heavy (non-hydrogen) atoms. The molecule has 2 N–H and O–H groups in total. The van der Waals surface area contributed by atoms with Gasteiger partial charge >= 0.3 is 6.18 Å². The second kappa shape index (κ2) is 9.76. The SMILES string of the molecule is CCCC1=C(O)C(CCC)(CCC)C(=O)C(C(=O)C2C[C@@H]2c2ccc(Cl)cc2C(F)(F)F)=C1O. The number of carbonyl (C=O) groups is 2. The van der Waals surface area contributed by atoms with Gasteiger partial charge < -0.3 is 10.2 Å². The summed E-state index contributed by atoms with van der Waals surface area (Å²) in [5, 5.41) is 21.9. The molecule has 186 valence electrons. The van der Waals surface area contributed by atoms with Gasteiger partial charge in [-0.3, -0.25) is 9.59 Å². The van der Waals surface area contributed by atoms with Crippen LogP contribution in [0.2, 0.25) is 5.02 Å². The number of hydrogen-bond donors (Lipinski definition) is 2. The molecule has 0 saturated heterocycles. The summed E-state index contributed by atoms with van der Waals surface area (Å²) in [5.74, 6) is -3.58. The Hall–Kier alpha value is -2.28. The minimum atomic E-state index is -4.64. The van der Waals surface area contributed by atoms with Crippen molar-refractivity contribution in [2.75, 3.05) is 0 Å². The van der Waals surface area contributed by atoms with Gasteiger partial charge in [0.05, 0.1) is 11.0 Å². The molecule has 0 heterocycles. The number of ketones is 2. The lowest BCUT2D eigenvalue weighted by Crippen LogP contribution is -2.41. The zero-order valence-electron chi connectivity index (χ0n) is 19.6. The van der Waals surface area contributed by atoms with Crippen molar-refractivity contribution in [1.82, 2.24) is 0 Å². The molecule has 1 aromatic rings. The van der Waals surface area contributed by atoms with Gasteiger partial charge in [-0.25, -0.2) is 0 Å². The van der Waals surface area contributed by atoms with Crippen LogP contribution in [0.25, 0.3) is 0 Å². The zero-order chi connectivity index (χ0) is 25.4. The maximum atomic E-state index is 13.7. The number of benzene rings is 1. The minimum absolute atomic E-state index is 0.0425. The van der Waals surface area contributed by atoms with Crippen LogP contribution in [0.15, 0.2) is 40.9 Å². The molecule has 0 radical (unpaired) electrons. The predicted octanol–water partition coefficient (Wildman–Crippen LogP) is 7.63. The Labute approximate surface area is 202 Å². The third-order valence-corrected chi connectivity index (χ3v) is 7.11. The monoisotopic (exact) mass is 498 g/mol. The fourth-order valence-corrected chi connectivity index (χ4v) is 5.45. The quantitative estimate of drug-likeness (QED) is 0.343. The zero-order valence-corrected chi connectivity index (χ0v) is 20.3. The summed E-state index contributed by atoms with van der Waals surface area (Å²) in [6.45, 7) is 5.59. The first-order valence-electron chi connectivity index (χ1n) is 11.8. The predicted molar refractivity (Wildman–Crippen MR) is 124 cm³/mol. The normalized spacial score (nSPS) is 22.4. The van der Waals surface area contributed by atoms with Crippen molar-refractivity contribution in [3.05, 3.63) is 57.0 Å². The van der Waals surface area contributed by atoms with E-state index in [2.05, 4.69) is 0 Å². The van der Waals surface area contributed by atoms with Crippen LogP contribution in [0, 0.1) is 11.3 Å². The van der Waals surface area contributed by atoms with Crippen LogP contribution < -0.4 is 0 Å². The molecule has 0 aromatic heterocycles. The number of allylic oxidation sites excluding steroid dienone is 3. The Bertz CT molecular complexity index is 1050. The highest BCUT2D eigenvalue weighted by molar-refractivity contribution is 6.30. The number of aliphatic hydroxyl groups is 2. The Balaban J connectivity index is 2.05. The largest absolute Gasteiger partial charge is 0.511 e. The molecule has 1 unspecified atom stereocenters. The maximum Gasteiger partial charge on any atom is 0.416 e. The van der Waals surface area contributed by atoms with Crippen LogP contribution in [0.4, 0.5) is 13.2 Å². The standard InChI is InChI=1S/C26H30ClF3O4/c1-4-7-16-21(31)20(24(34)25(10-5-2,11-6-3)23(16)33)22(32)18-13-17(18)15-9-8-14(27)12-19(15)26(28,29)30/h8-9,12,17-18,31,33H,4-7,10-11,13H2,1-3H3/t17-,18?/m1/s1. The summed E-state index contributed by atoms with van der Waals surface area (Å²) in [4.78, 5) is 27.2. The minimum Gasteiger partial charge on any atom is -0.511 e. The van der Waals surface area contributed by atoms with Gasteiger partial charge in [0, 0.05) is 16.5 Å². The van der Waals surface area contributed by atoms with E-state index < -0.39 is 46.3 Å². The van der Waals surface area contributed by atoms with Gasteiger partial charge in [-0.15, -0.1) is 0 Å². The van der Waals surface area contributed by atoms with Crippen LogP contribution in [0.5, 0.6) is 0 Å². The van der Waals surface area contributed by atoms with Gasteiger partial charge in [-0.2, -0.15) is 13.2 Å². The van der Waals surface area contributed by atoms with Crippen molar-refractivity contribution in [2.45, 2.75) is 77.8 Å². The Morgan fingerprint density at radius 3 is 2.26 bits per heavy atom. The number of carbonyl (C=O) groups excluding carboxylic acids is 2. The summed E-state index contributed by atoms with van der Waals surface area (Å²) >= 11 is 5.78. The molecule has 0 aliphatic heterocycles. The van der Waals surface area contributed by atoms with Crippen molar-refractivity contribution < 1.29 is 33.0 Å². The van der Waals surface area contributed by atoms with Gasteiger partial charge in [0.25, 0.3) is 0 Å². The number of alkyl halides is 3. The molecule has 0 bridgehead atoms. The topological polar surface area (TPSA) is 74.6 Å². The highest BCUT2D eigenvalue weighted by atomic mass is 35.5. The first-order chi connectivity index (χ1) is 15.9. The fourth-order valence-electron chi connectivity index (χ4n) is 5.28. The van der Waals surface area contributed by atoms with Gasteiger partial charge in [0.1, 0.15) is 17.1 Å². The van der Waals surface area contributed by atoms with Crippen LogP contribution in [0.3, 0.4) is 0 Å². The Morgan fingerprint density at radius 2 is 1.74 bits per heavy atom. The first-order valence-corrected chi connectivity index (χ1v) is 12.1. The number of rotatable bonds is 9. The number of hydrogen-bond acceptors (Lipinski definition) is 4. The van der Waals surface area contributed by atoms with Crippen molar-refractivity contribution in [3.8, 4) is 0 Å². The lowest BCUT2D eigenvalue weighted by molar-refractivity contribution is -0.138. The maximum absolute atomic E-state index is 13.7. The van der Waals surface area contributed by atoms with Gasteiger partial charge in [0.2, 0.25) is 0 Å². The van der Waals surface area contributed by atoms with Crippen LogP contribution >= 0.6 is 11.6 Å². The summed E-state index contributed by atoms with van der Waals surface area (Å²) in [7, 11) is 0. The van der Waals surface area contributed by atoms with Crippen LogP contribution in [-0.4, -0.2) is 21.8 Å². The van der Waals surface area contributed by atoms with E-state index in [4.69, 9.17) is 11.6 Å². The molecule has 4 nitrogen and oxygen atoms in total. The third-order valence-electron chi connectivity index (χ3n) is 6.87. The lowest BCUT2D eigenvalue weighted by atomic mass is 9.66. The van der Waals surface area contributed by atoms with E-state index in [1.165, 1.54) is 12.1 Å². The molecule has 3 rings (SSSR count). The second-order valence-electron chi connectivity index (χ2n) is 9.25. The van der Waals surface area contributed by atoms with Crippen molar-refractivity contribution in [3.63, 3.8) is 0 Å². The number of aliphatic hydroxyl groups excluding tert-OH is 2. The fraction of sp³-hybridized carbons (Fsp3) is 0.538. The highest BCUT2D eigenvalue weighted by Crippen LogP contribution is 2.55. The van der Waals surface area contributed by atoms with Gasteiger partial charge in [-0.1, -0.05) is 57.7 Å². The highest BCUT2D eigenvalue weighted by Gasteiger charge is 2.55. The molecular weight excluding hydrogens is 469 g/mol. The molecule has 2 aliphatic rings. The molecule has 2 aliphatic carbocycles. The Morgan fingerprint density at radius 1 is 1.12 bits per heavy atom. The molecule has 1 fully saturated rings. The summed E-state index contributed by atoms with van der Waals surface area (Å²) in [5.41, 5.74) is -2.43. The van der Waals surface area contributed by atoms with Gasteiger partial charge in [-0.05, 0) is 49.3 Å². The van der Waals surface area contributed by atoms with Crippen LogP contribution in [-0.2, 0) is 15.8 Å². The average Bonchev–Trinajstić information content (AvgIpc) is 3.56. The summed E-state index contributed by atoms with van der Waals surface area (Å²) in [6, 6.07) is 3.46.